The lowest BCUT2D eigenvalue weighted by molar-refractivity contribution is -0.0755. The van der Waals surface area contributed by atoms with E-state index < -0.39 is 0 Å². The monoisotopic (exact) mass is 185 g/mol. The highest BCUT2D eigenvalue weighted by molar-refractivity contribution is 4.91. The first-order chi connectivity index (χ1) is 6.33. The van der Waals surface area contributed by atoms with E-state index in [1.807, 2.05) is 0 Å². The third kappa shape index (κ3) is 1.73. The second-order valence-electron chi connectivity index (χ2n) is 4.18. The van der Waals surface area contributed by atoms with Crippen molar-refractivity contribution in [2.45, 2.75) is 44.4 Å². The summed E-state index contributed by atoms with van der Waals surface area (Å²) in [6.07, 6.45) is 4.18. The van der Waals surface area contributed by atoms with Crippen LogP contribution in [0.1, 0.15) is 26.2 Å². The van der Waals surface area contributed by atoms with E-state index in [2.05, 4.69) is 11.8 Å². The molecule has 3 unspecified atom stereocenters. The molecule has 13 heavy (non-hydrogen) atoms. The number of hydrogen-bond acceptors (Lipinski definition) is 3. The van der Waals surface area contributed by atoms with Crippen LogP contribution in [0.25, 0.3) is 0 Å². The molecule has 3 atom stereocenters. The van der Waals surface area contributed by atoms with Gasteiger partial charge in [0, 0.05) is 18.6 Å². The van der Waals surface area contributed by atoms with E-state index >= 15 is 0 Å². The average molecular weight is 185 g/mol. The molecule has 1 aliphatic carbocycles. The Hall–Kier alpha value is -0.120. The number of ether oxygens (including phenoxy) is 1. The first kappa shape index (κ1) is 9.44. The van der Waals surface area contributed by atoms with Crippen LogP contribution in [-0.4, -0.2) is 48.0 Å². The normalized spacial score (nSPS) is 37.4. The minimum absolute atomic E-state index is 0.267. The summed E-state index contributed by atoms with van der Waals surface area (Å²) in [5, 5.41) is 9.12. The van der Waals surface area contributed by atoms with Crippen molar-refractivity contribution in [3.63, 3.8) is 0 Å². The highest BCUT2D eigenvalue weighted by atomic mass is 16.5. The molecule has 0 spiro atoms. The first-order valence-corrected chi connectivity index (χ1v) is 5.31. The number of hydrogen-bond donors (Lipinski definition) is 1. The number of nitrogens with zero attached hydrogens (tertiary/aromatic N) is 1. The Morgan fingerprint density at radius 2 is 2.38 bits per heavy atom. The van der Waals surface area contributed by atoms with Gasteiger partial charge in [0.15, 0.2) is 0 Å². The van der Waals surface area contributed by atoms with E-state index in [-0.39, 0.29) is 6.61 Å². The molecule has 1 heterocycles. The first-order valence-electron chi connectivity index (χ1n) is 5.31. The van der Waals surface area contributed by atoms with Crippen molar-refractivity contribution in [1.82, 2.24) is 4.90 Å². The van der Waals surface area contributed by atoms with Crippen LogP contribution in [0.3, 0.4) is 0 Å². The highest BCUT2D eigenvalue weighted by Crippen LogP contribution is 2.30. The van der Waals surface area contributed by atoms with Gasteiger partial charge in [-0.15, -0.1) is 0 Å². The second-order valence-corrected chi connectivity index (χ2v) is 4.18. The van der Waals surface area contributed by atoms with Crippen molar-refractivity contribution in [3.05, 3.63) is 0 Å². The molecule has 0 amide bonds. The third-order valence-electron chi connectivity index (χ3n) is 3.36. The molecule has 3 heteroatoms. The van der Waals surface area contributed by atoms with E-state index in [4.69, 9.17) is 9.84 Å². The zero-order valence-corrected chi connectivity index (χ0v) is 8.28. The van der Waals surface area contributed by atoms with Crippen LogP contribution in [0.5, 0.6) is 0 Å². The molecule has 2 fully saturated rings. The Bertz CT molecular complexity index is 174. The molecular weight excluding hydrogens is 166 g/mol. The standard InChI is InChI=1S/C10H19NO2/c1-8(7-12)11-5-6-13-10-4-2-3-9(10)11/h8-10,12H,2-7H2,1H3. The fourth-order valence-electron chi connectivity index (χ4n) is 2.61. The van der Waals surface area contributed by atoms with E-state index in [1.54, 1.807) is 0 Å². The van der Waals surface area contributed by atoms with Gasteiger partial charge in [0.25, 0.3) is 0 Å². The Labute approximate surface area is 79.7 Å². The highest BCUT2D eigenvalue weighted by Gasteiger charge is 2.37. The molecule has 1 saturated heterocycles. The smallest absolute Gasteiger partial charge is 0.0731 e. The Morgan fingerprint density at radius 1 is 1.54 bits per heavy atom. The predicted octanol–water partition coefficient (Wildman–Crippen LogP) is 0.620. The molecule has 0 aromatic carbocycles. The molecule has 3 nitrogen and oxygen atoms in total. The predicted molar refractivity (Wildman–Crippen MR) is 50.6 cm³/mol. The number of fused-ring (bicyclic) bond motifs is 1. The minimum Gasteiger partial charge on any atom is -0.395 e. The SMILES string of the molecule is CC(CO)N1CCOC2CCCC21. The third-order valence-corrected chi connectivity index (χ3v) is 3.36. The van der Waals surface area contributed by atoms with E-state index in [0.717, 1.165) is 13.2 Å². The molecule has 2 aliphatic rings. The maximum absolute atomic E-state index is 9.12. The maximum Gasteiger partial charge on any atom is 0.0731 e. The summed E-state index contributed by atoms with van der Waals surface area (Å²) in [5.74, 6) is 0. The Kier molecular flexibility index (Phi) is 2.86. The lowest BCUT2D eigenvalue weighted by Crippen LogP contribution is -2.53. The Morgan fingerprint density at radius 3 is 3.15 bits per heavy atom. The molecule has 2 rings (SSSR count). The fourth-order valence-corrected chi connectivity index (χ4v) is 2.61. The van der Waals surface area contributed by atoms with Gasteiger partial charge in [-0.1, -0.05) is 0 Å². The van der Waals surface area contributed by atoms with Gasteiger partial charge >= 0.3 is 0 Å². The summed E-state index contributed by atoms with van der Waals surface area (Å²) in [6.45, 7) is 4.19. The van der Waals surface area contributed by atoms with Crippen molar-refractivity contribution >= 4 is 0 Å². The number of morpholine rings is 1. The van der Waals surface area contributed by atoms with Crippen molar-refractivity contribution < 1.29 is 9.84 Å². The van der Waals surface area contributed by atoms with Crippen LogP contribution in [0, 0.1) is 0 Å². The molecule has 0 aromatic heterocycles. The minimum atomic E-state index is 0.267. The fraction of sp³-hybridized carbons (Fsp3) is 1.00. The van der Waals surface area contributed by atoms with Crippen LogP contribution in [-0.2, 0) is 4.74 Å². The number of rotatable bonds is 2. The zero-order chi connectivity index (χ0) is 9.26. The van der Waals surface area contributed by atoms with Gasteiger partial charge in [-0.2, -0.15) is 0 Å². The maximum atomic E-state index is 9.12. The van der Waals surface area contributed by atoms with Crippen LogP contribution < -0.4 is 0 Å². The van der Waals surface area contributed by atoms with Crippen molar-refractivity contribution in [1.29, 1.82) is 0 Å². The lowest BCUT2D eigenvalue weighted by Gasteiger charge is -2.40. The van der Waals surface area contributed by atoms with Crippen LogP contribution >= 0.6 is 0 Å². The van der Waals surface area contributed by atoms with Crippen LogP contribution in [0.2, 0.25) is 0 Å². The topological polar surface area (TPSA) is 32.7 Å². The molecule has 1 aliphatic heterocycles. The van der Waals surface area contributed by atoms with Crippen molar-refractivity contribution in [2.75, 3.05) is 19.8 Å². The van der Waals surface area contributed by atoms with Gasteiger partial charge in [-0.3, -0.25) is 4.90 Å². The summed E-state index contributed by atoms with van der Waals surface area (Å²) in [4.78, 5) is 2.42. The average Bonchev–Trinajstić information content (AvgIpc) is 2.63. The number of aliphatic hydroxyl groups is 1. The van der Waals surface area contributed by atoms with Gasteiger partial charge in [-0.25, -0.2) is 0 Å². The Balaban J connectivity index is 2.01. The van der Waals surface area contributed by atoms with Gasteiger partial charge < -0.3 is 9.84 Å². The van der Waals surface area contributed by atoms with Gasteiger partial charge in [0.1, 0.15) is 0 Å². The van der Waals surface area contributed by atoms with Gasteiger partial charge in [0.05, 0.1) is 19.3 Å². The van der Waals surface area contributed by atoms with Gasteiger partial charge in [0.2, 0.25) is 0 Å². The summed E-state index contributed by atoms with van der Waals surface area (Å²) in [5.41, 5.74) is 0. The molecule has 1 N–H and O–H groups in total. The molecular formula is C10H19NO2. The van der Waals surface area contributed by atoms with Crippen molar-refractivity contribution in [2.24, 2.45) is 0 Å². The van der Waals surface area contributed by atoms with E-state index in [0.29, 0.717) is 18.2 Å². The molecule has 0 radical (unpaired) electrons. The quantitative estimate of drug-likeness (QED) is 0.684. The lowest BCUT2D eigenvalue weighted by atomic mass is 10.1. The summed E-state index contributed by atoms with van der Waals surface area (Å²) in [7, 11) is 0. The second kappa shape index (κ2) is 3.95. The molecule has 0 aromatic rings. The summed E-state index contributed by atoms with van der Waals surface area (Å²) < 4.78 is 5.70. The van der Waals surface area contributed by atoms with Crippen LogP contribution in [0.4, 0.5) is 0 Å². The number of aliphatic hydroxyl groups excluding tert-OH is 1. The zero-order valence-electron chi connectivity index (χ0n) is 8.28. The van der Waals surface area contributed by atoms with Crippen LogP contribution in [0.15, 0.2) is 0 Å². The van der Waals surface area contributed by atoms with Gasteiger partial charge in [-0.05, 0) is 26.2 Å². The summed E-state index contributed by atoms with van der Waals surface area (Å²) in [6, 6.07) is 0.880. The van der Waals surface area contributed by atoms with E-state index in [9.17, 15) is 0 Å². The van der Waals surface area contributed by atoms with Crippen molar-refractivity contribution in [3.8, 4) is 0 Å². The largest absolute Gasteiger partial charge is 0.395 e. The molecule has 76 valence electrons. The molecule has 0 bridgehead atoms. The van der Waals surface area contributed by atoms with E-state index in [1.165, 1.54) is 19.3 Å². The molecule has 1 saturated carbocycles. The summed E-state index contributed by atoms with van der Waals surface area (Å²) >= 11 is 0.